The van der Waals surface area contributed by atoms with E-state index in [0.717, 1.165) is 18.7 Å². The van der Waals surface area contributed by atoms with Crippen molar-refractivity contribution in [3.8, 4) is 0 Å². The number of methoxy groups -OCH3 is 1. The third-order valence-corrected chi connectivity index (χ3v) is 2.59. The van der Waals surface area contributed by atoms with Crippen LogP contribution in [0.5, 0.6) is 0 Å². The van der Waals surface area contributed by atoms with E-state index in [9.17, 15) is 4.39 Å². The molecule has 0 saturated carbocycles. The lowest BCUT2D eigenvalue weighted by molar-refractivity contribution is 0.157. The number of rotatable bonds is 6. The maximum atomic E-state index is 12.7. The minimum atomic E-state index is -0.191. The second-order valence-corrected chi connectivity index (χ2v) is 4.24. The third kappa shape index (κ3) is 4.29. The van der Waals surface area contributed by atoms with Gasteiger partial charge in [0.15, 0.2) is 0 Å². The molecule has 2 nitrogen and oxygen atoms in total. The second kappa shape index (κ2) is 6.61. The van der Waals surface area contributed by atoms with Crippen LogP contribution in [0.3, 0.4) is 0 Å². The van der Waals surface area contributed by atoms with Crippen molar-refractivity contribution >= 4 is 0 Å². The smallest absolute Gasteiger partial charge is 0.123 e. The molecule has 0 radical (unpaired) electrons. The zero-order valence-electron chi connectivity index (χ0n) is 10.2. The summed E-state index contributed by atoms with van der Waals surface area (Å²) in [5, 5.41) is 3.40. The molecule has 1 unspecified atom stereocenters. The van der Waals surface area contributed by atoms with Gasteiger partial charge in [0.2, 0.25) is 0 Å². The molecule has 0 heterocycles. The van der Waals surface area contributed by atoms with Crippen molar-refractivity contribution in [3.63, 3.8) is 0 Å². The number of benzene rings is 1. The van der Waals surface area contributed by atoms with Crippen LogP contribution >= 0.6 is 0 Å². The number of hydrogen-bond acceptors (Lipinski definition) is 2. The van der Waals surface area contributed by atoms with Crippen LogP contribution in [0.2, 0.25) is 0 Å². The number of nitrogens with one attached hydrogen (secondary N) is 1. The summed E-state index contributed by atoms with van der Waals surface area (Å²) in [5.41, 5.74) is 1.10. The fourth-order valence-electron chi connectivity index (χ4n) is 1.59. The van der Waals surface area contributed by atoms with Crippen molar-refractivity contribution in [3.05, 3.63) is 35.6 Å². The minimum Gasteiger partial charge on any atom is -0.384 e. The highest BCUT2D eigenvalue weighted by Gasteiger charge is 2.07. The van der Waals surface area contributed by atoms with Crippen LogP contribution < -0.4 is 5.32 Å². The molecule has 1 aromatic rings. The van der Waals surface area contributed by atoms with Crippen LogP contribution in [0.25, 0.3) is 0 Å². The largest absolute Gasteiger partial charge is 0.384 e. The molecule has 1 rings (SSSR count). The molecule has 0 bridgehead atoms. The SMILES string of the molecule is COCC(C)CN[C@H](C)c1ccc(F)cc1. The monoisotopic (exact) mass is 225 g/mol. The molecule has 0 fully saturated rings. The molecule has 3 heteroatoms. The Hall–Kier alpha value is -0.930. The van der Waals surface area contributed by atoms with E-state index in [4.69, 9.17) is 4.74 Å². The van der Waals surface area contributed by atoms with Gasteiger partial charge in [0, 0.05) is 26.3 Å². The molecule has 1 N–H and O–H groups in total. The highest BCUT2D eigenvalue weighted by Crippen LogP contribution is 2.13. The summed E-state index contributed by atoms with van der Waals surface area (Å²) in [6, 6.07) is 6.85. The van der Waals surface area contributed by atoms with E-state index in [1.54, 1.807) is 7.11 Å². The maximum absolute atomic E-state index is 12.7. The molecule has 0 aliphatic heterocycles. The Morgan fingerprint density at radius 1 is 1.25 bits per heavy atom. The van der Waals surface area contributed by atoms with Crippen LogP contribution in [0, 0.1) is 11.7 Å². The zero-order chi connectivity index (χ0) is 12.0. The number of ether oxygens (including phenoxy) is 1. The van der Waals surface area contributed by atoms with Crippen LogP contribution in [0.1, 0.15) is 25.5 Å². The first-order chi connectivity index (χ1) is 7.63. The molecular formula is C13H20FNO. The van der Waals surface area contributed by atoms with Crippen molar-refractivity contribution in [2.24, 2.45) is 5.92 Å². The van der Waals surface area contributed by atoms with Gasteiger partial charge in [0.1, 0.15) is 5.82 Å². The van der Waals surface area contributed by atoms with Gasteiger partial charge in [0.05, 0.1) is 0 Å². The van der Waals surface area contributed by atoms with E-state index in [-0.39, 0.29) is 11.9 Å². The van der Waals surface area contributed by atoms with E-state index < -0.39 is 0 Å². The molecule has 90 valence electrons. The first-order valence-corrected chi connectivity index (χ1v) is 5.61. The molecule has 0 amide bonds. The van der Waals surface area contributed by atoms with Crippen LogP contribution in [-0.2, 0) is 4.74 Å². The average molecular weight is 225 g/mol. The average Bonchev–Trinajstić information content (AvgIpc) is 2.27. The van der Waals surface area contributed by atoms with Gasteiger partial charge in [-0.25, -0.2) is 4.39 Å². The van der Waals surface area contributed by atoms with E-state index >= 15 is 0 Å². The van der Waals surface area contributed by atoms with Gasteiger partial charge in [-0.1, -0.05) is 19.1 Å². The molecule has 0 aromatic heterocycles. The summed E-state index contributed by atoms with van der Waals surface area (Å²) in [5.74, 6) is 0.289. The standard InChI is InChI=1S/C13H20FNO/c1-10(9-16-3)8-15-11(2)12-4-6-13(14)7-5-12/h4-7,10-11,15H,8-9H2,1-3H3/t10?,11-/m1/s1. The molecule has 2 atom stereocenters. The van der Waals surface area contributed by atoms with Crippen LogP contribution in [0.15, 0.2) is 24.3 Å². The summed E-state index contributed by atoms with van der Waals surface area (Å²) in [7, 11) is 1.71. The quantitative estimate of drug-likeness (QED) is 0.803. The van der Waals surface area contributed by atoms with Crippen LogP contribution in [-0.4, -0.2) is 20.3 Å². The molecule has 0 aliphatic rings. The predicted octanol–water partition coefficient (Wildman–Crippen LogP) is 2.76. The lowest BCUT2D eigenvalue weighted by Crippen LogP contribution is -2.26. The van der Waals surface area contributed by atoms with Gasteiger partial charge in [-0.05, 0) is 30.5 Å². The first kappa shape index (κ1) is 13.1. The van der Waals surface area contributed by atoms with Crippen LogP contribution in [0.4, 0.5) is 4.39 Å². The van der Waals surface area contributed by atoms with Crippen molar-refractivity contribution < 1.29 is 9.13 Å². The Bertz CT molecular complexity index is 299. The summed E-state index contributed by atoms with van der Waals surface area (Å²) in [6.07, 6.45) is 0. The fraction of sp³-hybridized carbons (Fsp3) is 0.538. The summed E-state index contributed by atoms with van der Waals surface area (Å²) < 4.78 is 17.8. The fourth-order valence-corrected chi connectivity index (χ4v) is 1.59. The van der Waals surface area contributed by atoms with E-state index in [0.29, 0.717) is 5.92 Å². The first-order valence-electron chi connectivity index (χ1n) is 5.61. The topological polar surface area (TPSA) is 21.3 Å². The Balaban J connectivity index is 2.40. The highest BCUT2D eigenvalue weighted by molar-refractivity contribution is 5.19. The van der Waals surface area contributed by atoms with Crippen molar-refractivity contribution in [1.29, 1.82) is 0 Å². The molecule has 0 saturated heterocycles. The Kier molecular flexibility index (Phi) is 5.43. The van der Waals surface area contributed by atoms with Gasteiger partial charge >= 0.3 is 0 Å². The van der Waals surface area contributed by atoms with Gasteiger partial charge in [-0.15, -0.1) is 0 Å². The van der Waals surface area contributed by atoms with Crippen molar-refractivity contribution in [2.45, 2.75) is 19.9 Å². The number of halogens is 1. The van der Waals surface area contributed by atoms with Crippen molar-refractivity contribution in [1.82, 2.24) is 5.32 Å². The Morgan fingerprint density at radius 2 is 1.88 bits per heavy atom. The van der Waals surface area contributed by atoms with E-state index in [1.165, 1.54) is 12.1 Å². The molecule has 1 aromatic carbocycles. The molecule has 16 heavy (non-hydrogen) atoms. The summed E-state index contributed by atoms with van der Waals surface area (Å²) >= 11 is 0. The zero-order valence-corrected chi connectivity index (χ0v) is 10.2. The van der Waals surface area contributed by atoms with E-state index in [1.807, 2.05) is 12.1 Å². The summed E-state index contributed by atoms with van der Waals surface area (Å²) in [4.78, 5) is 0. The van der Waals surface area contributed by atoms with Gasteiger partial charge < -0.3 is 10.1 Å². The number of hydrogen-bond donors (Lipinski definition) is 1. The highest BCUT2D eigenvalue weighted by atomic mass is 19.1. The van der Waals surface area contributed by atoms with Gasteiger partial charge in [-0.3, -0.25) is 0 Å². The summed E-state index contributed by atoms with van der Waals surface area (Å²) in [6.45, 7) is 5.86. The lowest BCUT2D eigenvalue weighted by atomic mass is 10.1. The lowest BCUT2D eigenvalue weighted by Gasteiger charge is -2.17. The third-order valence-electron chi connectivity index (χ3n) is 2.59. The maximum Gasteiger partial charge on any atom is 0.123 e. The Morgan fingerprint density at radius 3 is 2.44 bits per heavy atom. The molecular weight excluding hydrogens is 205 g/mol. The Labute approximate surface area is 96.8 Å². The molecule has 0 aliphatic carbocycles. The van der Waals surface area contributed by atoms with E-state index in [2.05, 4.69) is 19.2 Å². The minimum absolute atomic E-state index is 0.191. The normalized spacial score (nSPS) is 14.8. The molecule has 0 spiro atoms. The van der Waals surface area contributed by atoms with Gasteiger partial charge in [-0.2, -0.15) is 0 Å². The van der Waals surface area contributed by atoms with Gasteiger partial charge in [0.25, 0.3) is 0 Å². The predicted molar refractivity (Wildman–Crippen MR) is 63.9 cm³/mol. The van der Waals surface area contributed by atoms with Crippen molar-refractivity contribution in [2.75, 3.05) is 20.3 Å². The second-order valence-electron chi connectivity index (χ2n) is 4.24.